The fourth-order valence-corrected chi connectivity index (χ4v) is 3.69. The summed E-state index contributed by atoms with van der Waals surface area (Å²) in [6.45, 7) is 0.0373. The van der Waals surface area contributed by atoms with E-state index in [-0.39, 0.29) is 12.5 Å². The van der Waals surface area contributed by atoms with Crippen LogP contribution in [0.1, 0.15) is 25.7 Å². The summed E-state index contributed by atoms with van der Waals surface area (Å²) >= 11 is 1.36. The number of esters is 1. The number of hydrogen-bond donors (Lipinski definition) is 0. The van der Waals surface area contributed by atoms with Gasteiger partial charge in [-0.25, -0.2) is 9.48 Å². The summed E-state index contributed by atoms with van der Waals surface area (Å²) in [7, 11) is 1.65. The highest BCUT2D eigenvalue weighted by molar-refractivity contribution is 7.12. The van der Waals surface area contributed by atoms with Crippen LogP contribution in [0.15, 0.2) is 84.4 Å². The van der Waals surface area contributed by atoms with E-state index in [9.17, 15) is 9.59 Å². The minimum atomic E-state index is -0.509. The molecule has 0 radical (unpaired) electrons. The van der Waals surface area contributed by atoms with Gasteiger partial charge in [-0.05, 0) is 41.8 Å². The number of carbonyl (C=O) groups is 2. The van der Waals surface area contributed by atoms with E-state index in [0.29, 0.717) is 21.8 Å². The van der Waals surface area contributed by atoms with Crippen LogP contribution < -0.4 is 4.90 Å². The molecule has 0 aliphatic heterocycles. The molecule has 0 spiro atoms. The van der Waals surface area contributed by atoms with E-state index in [2.05, 4.69) is 5.10 Å². The number of aromatic nitrogens is 2. The monoisotopic (exact) mass is 417 g/mol. The number of nitrogens with zero attached hydrogens (tertiary/aromatic N) is 3. The number of thiophene rings is 1. The van der Waals surface area contributed by atoms with Crippen molar-refractivity contribution in [3.05, 3.63) is 101 Å². The third-order valence-electron chi connectivity index (χ3n) is 4.54. The molecule has 2 heterocycles. The van der Waals surface area contributed by atoms with Crippen molar-refractivity contribution in [3.63, 3.8) is 0 Å². The zero-order chi connectivity index (χ0) is 20.9. The molecule has 0 fully saturated rings. The molecule has 0 N–H and O–H groups in total. The van der Waals surface area contributed by atoms with Crippen molar-refractivity contribution in [1.29, 1.82) is 0 Å². The Labute approximate surface area is 178 Å². The van der Waals surface area contributed by atoms with E-state index in [4.69, 9.17) is 4.74 Å². The zero-order valence-electron chi connectivity index (χ0n) is 16.3. The Morgan fingerprint density at radius 2 is 1.77 bits per heavy atom. The molecule has 7 heteroatoms. The molecule has 0 bridgehead atoms. The number of amides is 1. The number of anilines is 1. The van der Waals surface area contributed by atoms with E-state index in [1.165, 1.54) is 16.2 Å². The van der Waals surface area contributed by atoms with Gasteiger partial charge in [-0.3, -0.25) is 4.79 Å². The summed E-state index contributed by atoms with van der Waals surface area (Å²) < 4.78 is 7.20. The number of ether oxygens (including phenoxy) is 1. The fraction of sp³-hybridized carbons (Fsp3) is 0.0870. The Bertz CT molecular complexity index is 1150. The SMILES string of the molecule is CN(C(=O)c1cccs1)c1ccccc1C(=O)OCc1ccn(-c2ccccc2)n1. The molecule has 0 unspecified atom stereocenters. The van der Waals surface area contributed by atoms with Gasteiger partial charge in [-0.1, -0.05) is 36.4 Å². The molecule has 0 aliphatic carbocycles. The third-order valence-corrected chi connectivity index (χ3v) is 5.40. The average Bonchev–Trinajstić information content (AvgIpc) is 3.49. The van der Waals surface area contributed by atoms with Gasteiger partial charge in [0, 0.05) is 13.2 Å². The number of benzene rings is 2. The smallest absolute Gasteiger partial charge is 0.340 e. The number of hydrogen-bond acceptors (Lipinski definition) is 5. The first-order valence-electron chi connectivity index (χ1n) is 9.31. The minimum absolute atomic E-state index is 0.0373. The summed E-state index contributed by atoms with van der Waals surface area (Å²) in [6, 6.07) is 22.0. The highest BCUT2D eigenvalue weighted by Crippen LogP contribution is 2.23. The molecular weight excluding hydrogens is 398 g/mol. The van der Waals surface area contributed by atoms with Crippen molar-refractivity contribution >= 4 is 28.9 Å². The van der Waals surface area contributed by atoms with Crippen LogP contribution in [0.2, 0.25) is 0 Å². The predicted octanol–water partition coefficient (Wildman–Crippen LogP) is 4.57. The lowest BCUT2D eigenvalue weighted by molar-refractivity contribution is 0.0468. The van der Waals surface area contributed by atoms with Crippen LogP contribution in [0.3, 0.4) is 0 Å². The predicted molar refractivity (Wildman–Crippen MR) is 116 cm³/mol. The maximum atomic E-state index is 12.7. The van der Waals surface area contributed by atoms with Crippen molar-refractivity contribution in [2.45, 2.75) is 6.61 Å². The zero-order valence-corrected chi connectivity index (χ0v) is 17.1. The van der Waals surface area contributed by atoms with Crippen molar-refractivity contribution in [2.24, 2.45) is 0 Å². The summed E-state index contributed by atoms with van der Waals surface area (Å²) in [5, 5.41) is 6.29. The molecule has 0 aliphatic rings. The normalized spacial score (nSPS) is 10.6. The molecule has 1 amide bonds. The van der Waals surface area contributed by atoms with Crippen molar-refractivity contribution < 1.29 is 14.3 Å². The number of carbonyl (C=O) groups excluding carboxylic acids is 2. The van der Waals surface area contributed by atoms with Crippen LogP contribution in [0.25, 0.3) is 5.69 Å². The molecule has 2 aromatic heterocycles. The Balaban J connectivity index is 1.47. The second-order valence-electron chi connectivity index (χ2n) is 6.52. The summed E-state index contributed by atoms with van der Waals surface area (Å²) in [5.74, 6) is -0.683. The average molecular weight is 417 g/mol. The lowest BCUT2D eigenvalue weighted by Gasteiger charge is -2.19. The van der Waals surface area contributed by atoms with Gasteiger partial charge in [0.05, 0.1) is 21.8 Å². The van der Waals surface area contributed by atoms with E-state index < -0.39 is 5.97 Å². The maximum absolute atomic E-state index is 12.7. The van der Waals surface area contributed by atoms with E-state index in [1.807, 2.05) is 48.0 Å². The van der Waals surface area contributed by atoms with Gasteiger partial charge in [0.25, 0.3) is 5.91 Å². The first-order valence-corrected chi connectivity index (χ1v) is 10.2. The van der Waals surface area contributed by atoms with E-state index >= 15 is 0 Å². The highest BCUT2D eigenvalue weighted by Gasteiger charge is 2.21. The Hall–Kier alpha value is -3.71. The molecule has 0 atom stereocenters. The van der Waals surface area contributed by atoms with Crippen LogP contribution in [-0.4, -0.2) is 28.7 Å². The summed E-state index contributed by atoms with van der Waals surface area (Å²) in [6.07, 6.45) is 1.82. The fourth-order valence-electron chi connectivity index (χ4n) is 2.99. The summed E-state index contributed by atoms with van der Waals surface area (Å²) in [4.78, 5) is 27.5. The first-order chi connectivity index (χ1) is 14.6. The van der Waals surface area contributed by atoms with Gasteiger partial charge < -0.3 is 9.64 Å². The van der Waals surface area contributed by atoms with Gasteiger partial charge in [-0.15, -0.1) is 11.3 Å². The minimum Gasteiger partial charge on any atom is -0.455 e. The lowest BCUT2D eigenvalue weighted by Crippen LogP contribution is -2.27. The molecule has 4 aromatic rings. The topological polar surface area (TPSA) is 64.4 Å². The largest absolute Gasteiger partial charge is 0.455 e. The van der Waals surface area contributed by atoms with Gasteiger partial charge in [-0.2, -0.15) is 5.10 Å². The molecule has 30 heavy (non-hydrogen) atoms. The Morgan fingerprint density at radius 3 is 2.53 bits per heavy atom. The van der Waals surface area contributed by atoms with Gasteiger partial charge >= 0.3 is 5.97 Å². The molecule has 0 saturated heterocycles. The molecule has 2 aromatic carbocycles. The molecule has 4 rings (SSSR count). The van der Waals surface area contributed by atoms with Gasteiger partial charge in [0.1, 0.15) is 12.3 Å². The van der Waals surface area contributed by atoms with Crippen LogP contribution >= 0.6 is 11.3 Å². The van der Waals surface area contributed by atoms with Gasteiger partial charge in [0.15, 0.2) is 0 Å². The van der Waals surface area contributed by atoms with E-state index in [1.54, 1.807) is 48.1 Å². The van der Waals surface area contributed by atoms with Crippen molar-refractivity contribution in [3.8, 4) is 5.69 Å². The molecular formula is C23H19N3O3S. The summed E-state index contributed by atoms with van der Waals surface area (Å²) in [5.41, 5.74) is 2.38. The Morgan fingerprint density at radius 1 is 1.00 bits per heavy atom. The quantitative estimate of drug-likeness (QED) is 0.431. The number of para-hydroxylation sites is 2. The van der Waals surface area contributed by atoms with E-state index in [0.717, 1.165) is 5.69 Å². The highest BCUT2D eigenvalue weighted by atomic mass is 32.1. The number of rotatable bonds is 6. The van der Waals surface area contributed by atoms with Crippen molar-refractivity contribution in [2.75, 3.05) is 11.9 Å². The first kappa shape index (κ1) is 19.6. The van der Waals surface area contributed by atoms with Crippen LogP contribution in [0.4, 0.5) is 5.69 Å². The van der Waals surface area contributed by atoms with Crippen LogP contribution in [0, 0.1) is 0 Å². The molecule has 150 valence electrons. The van der Waals surface area contributed by atoms with Crippen LogP contribution in [-0.2, 0) is 11.3 Å². The van der Waals surface area contributed by atoms with Crippen LogP contribution in [0.5, 0.6) is 0 Å². The molecule has 0 saturated carbocycles. The van der Waals surface area contributed by atoms with Crippen molar-refractivity contribution in [1.82, 2.24) is 9.78 Å². The second-order valence-corrected chi connectivity index (χ2v) is 7.47. The lowest BCUT2D eigenvalue weighted by atomic mass is 10.1. The molecule has 6 nitrogen and oxygen atoms in total. The maximum Gasteiger partial charge on any atom is 0.340 e. The van der Waals surface area contributed by atoms with Gasteiger partial charge in [0.2, 0.25) is 0 Å². The second kappa shape index (κ2) is 8.75. The Kier molecular flexibility index (Phi) is 5.72. The standard InChI is InChI=1S/C23H19N3O3S/c1-25(22(27)21-12-7-15-30-21)20-11-6-5-10-19(20)23(28)29-16-17-13-14-26(24-17)18-8-3-2-4-9-18/h2-15H,16H2,1H3. The third kappa shape index (κ3) is 4.16.